The van der Waals surface area contributed by atoms with Gasteiger partial charge in [0.1, 0.15) is 30.0 Å². The average molecular weight is 526 g/mol. The van der Waals surface area contributed by atoms with Crippen molar-refractivity contribution in [1.29, 1.82) is 0 Å². The summed E-state index contributed by atoms with van der Waals surface area (Å²) in [4.78, 5) is 24.0. The summed E-state index contributed by atoms with van der Waals surface area (Å²) >= 11 is 6.00. The Morgan fingerprint density at radius 3 is 2.37 bits per heavy atom. The van der Waals surface area contributed by atoms with Gasteiger partial charge < -0.3 is 14.0 Å². The largest absolute Gasteiger partial charge is 0.469 e. The van der Waals surface area contributed by atoms with Crippen LogP contribution in [-0.2, 0) is 30.2 Å². The molecule has 186 valence electrons. The Morgan fingerprint density at radius 2 is 1.69 bits per heavy atom. The Morgan fingerprint density at radius 1 is 1.00 bits per heavy atom. The Kier molecular flexibility index (Phi) is 8.48. The number of fused-ring (bicyclic) bond motifs is 1. The molecule has 0 saturated carbocycles. The van der Waals surface area contributed by atoms with Crippen LogP contribution < -0.4 is 9.61 Å². The summed E-state index contributed by atoms with van der Waals surface area (Å²) in [5.41, 5.74) is 0.758. The normalized spacial score (nSPS) is 14.6. The number of carbonyl (C=O) groups is 2. The van der Waals surface area contributed by atoms with Gasteiger partial charge in [-0.3, -0.25) is 9.59 Å². The van der Waals surface area contributed by atoms with Crippen LogP contribution in [-0.4, -0.2) is 25.1 Å². The third-order valence-corrected chi connectivity index (χ3v) is 6.84. The van der Waals surface area contributed by atoms with Crippen LogP contribution in [0.1, 0.15) is 30.9 Å². The van der Waals surface area contributed by atoms with E-state index in [4.69, 9.17) is 25.2 Å². The van der Waals surface area contributed by atoms with E-state index in [1.807, 2.05) is 6.07 Å². The maximum absolute atomic E-state index is 13.7. The summed E-state index contributed by atoms with van der Waals surface area (Å²) in [6.07, 6.45) is 0. The van der Waals surface area contributed by atoms with Crippen LogP contribution in [0.3, 0.4) is 0 Å². The number of rotatable bonds is 9. The Bertz CT molecular complexity index is 1300. The van der Waals surface area contributed by atoms with Crippen LogP contribution >= 0.6 is 18.1 Å². The molecule has 7 nitrogen and oxygen atoms in total. The predicted octanol–water partition coefficient (Wildman–Crippen LogP) is 5.84. The highest BCUT2D eigenvalue weighted by Gasteiger charge is 2.28. The first kappa shape index (κ1) is 26.6. The van der Waals surface area contributed by atoms with Gasteiger partial charge in [-0.25, -0.2) is 18.4 Å². The van der Waals surface area contributed by atoms with Gasteiger partial charge in [-0.2, -0.15) is 0 Å². The first-order valence-electron chi connectivity index (χ1n) is 10.5. The van der Waals surface area contributed by atoms with Gasteiger partial charge in [0, 0.05) is 22.9 Å². The smallest absolute Gasteiger partial charge is 0.409 e. The van der Waals surface area contributed by atoms with E-state index in [1.54, 1.807) is 37.3 Å². The van der Waals surface area contributed by atoms with Crippen LogP contribution in [0.15, 0.2) is 54.6 Å². The topological polar surface area (TPSA) is 90.9 Å². The molecule has 1 unspecified atom stereocenters. The first-order chi connectivity index (χ1) is 16.5. The van der Waals surface area contributed by atoms with Gasteiger partial charge >= 0.3 is 18.8 Å². The number of esters is 2. The standard InChI is InChI=1S/C24H23ClF2NO6P/c1-14(23(29)32-3)16-4-5-18-11-21(9-7-17(18)10-16)34-35(25,31)28-15(2)24(30)33-13-19-6-8-20(26)12-22(19)27/h4-12,14-15H,13H2,1-3H3,(H,28,31)/t14-,15-,35?/m0/s1. The molecule has 3 atom stereocenters. The number of hydrogen-bond acceptors (Lipinski definition) is 6. The number of benzene rings is 3. The third-order valence-electron chi connectivity index (χ3n) is 5.20. The maximum Gasteiger partial charge on any atom is 0.409 e. The van der Waals surface area contributed by atoms with Crippen molar-refractivity contribution in [2.24, 2.45) is 0 Å². The average Bonchev–Trinajstić information content (AvgIpc) is 2.81. The lowest BCUT2D eigenvalue weighted by Crippen LogP contribution is -2.33. The van der Waals surface area contributed by atoms with Gasteiger partial charge in [-0.1, -0.05) is 24.3 Å². The highest BCUT2D eigenvalue weighted by atomic mass is 35.7. The molecule has 0 amide bonds. The second kappa shape index (κ2) is 11.2. The molecule has 0 fully saturated rings. The Balaban J connectivity index is 1.62. The van der Waals surface area contributed by atoms with E-state index < -0.39 is 43.0 Å². The fourth-order valence-corrected chi connectivity index (χ4v) is 4.92. The lowest BCUT2D eigenvalue weighted by molar-refractivity contribution is -0.146. The quantitative estimate of drug-likeness (QED) is 0.277. The van der Waals surface area contributed by atoms with Gasteiger partial charge in [0.15, 0.2) is 0 Å². The molecule has 35 heavy (non-hydrogen) atoms. The molecule has 11 heteroatoms. The SMILES string of the molecule is COC(=O)[C@@H](C)c1ccc2cc(OP(=O)(Cl)N[C@@H](C)C(=O)OCc3ccc(F)cc3F)ccc2c1. The number of carbonyl (C=O) groups excluding carboxylic acids is 2. The van der Waals surface area contributed by atoms with Crippen LogP contribution in [0, 0.1) is 11.6 Å². The number of halogens is 3. The highest BCUT2D eigenvalue weighted by molar-refractivity contribution is 7.84. The van der Waals surface area contributed by atoms with Crippen LogP contribution in [0.2, 0.25) is 0 Å². The summed E-state index contributed by atoms with van der Waals surface area (Å²) in [7, 11) is 1.33. The van der Waals surface area contributed by atoms with Gasteiger partial charge in [-0.05, 0) is 54.4 Å². The van der Waals surface area contributed by atoms with E-state index >= 15 is 0 Å². The van der Waals surface area contributed by atoms with Crippen LogP contribution in [0.4, 0.5) is 8.78 Å². The monoisotopic (exact) mass is 525 g/mol. The zero-order chi connectivity index (χ0) is 25.8. The zero-order valence-corrected chi connectivity index (χ0v) is 20.7. The third kappa shape index (κ3) is 7.01. The van der Waals surface area contributed by atoms with Gasteiger partial charge in [0.2, 0.25) is 0 Å². The maximum atomic E-state index is 13.7. The molecule has 1 N–H and O–H groups in total. The summed E-state index contributed by atoms with van der Waals surface area (Å²) < 4.78 is 54.5. The summed E-state index contributed by atoms with van der Waals surface area (Å²) in [5.74, 6) is -3.07. The van der Waals surface area contributed by atoms with E-state index in [2.05, 4.69) is 5.09 Å². The fraction of sp³-hybridized carbons (Fsp3) is 0.250. The Hall–Kier alpha value is -3.00. The number of ether oxygens (including phenoxy) is 2. The van der Waals surface area contributed by atoms with Crippen molar-refractivity contribution in [2.45, 2.75) is 32.4 Å². The second-order valence-corrected chi connectivity index (χ2v) is 10.5. The molecule has 3 rings (SSSR count). The molecule has 0 aromatic heterocycles. The van der Waals surface area contributed by atoms with Crippen molar-refractivity contribution in [3.05, 3.63) is 77.4 Å². The zero-order valence-electron chi connectivity index (χ0n) is 19.1. The minimum Gasteiger partial charge on any atom is -0.469 e. The highest BCUT2D eigenvalue weighted by Crippen LogP contribution is 2.49. The van der Waals surface area contributed by atoms with Gasteiger partial charge in [0.05, 0.1) is 13.0 Å². The predicted molar refractivity (Wildman–Crippen MR) is 127 cm³/mol. The van der Waals surface area contributed by atoms with Crippen molar-refractivity contribution in [3.63, 3.8) is 0 Å². The van der Waals surface area contributed by atoms with E-state index in [1.165, 1.54) is 14.0 Å². The Labute approximate surface area is 205 Å². The number of nitrogens with one attached hydrogen (secondary N) is 1. The molecule has 0 saturated heterocycles. The van der Waals surface area contributed by atoms with E-state index in [-0.39, 0.29) is 17.3 Å². The van der Waals surface area contributed by atoms with Crippen molar-refractivity contribution in [3.8, 4) is 5.75 Å². The van der Waals surface area contributed by atoms with E-state index in [0.29, 0.717) is 6.07 Å². The molecular formula is C24H23ClF2NO6P. The molecule has 0 radical (unpaired) electrons. The molecule has 0 bridgehead atoms. The van der Waals surface area contributed by atoms with E-state index in [9.17, 15) is 22.9 Å². The van der Waals surface area contributed by atoms with Crippen molar-refractivity contribution < 1.29 is 36.9 Å². The lowest BCUT2D eigenvalue weighted by Gasteiger charge is -2.18. The molecule has 0 spiro atoms. The molecular weight excluding hydrogens is 503 g/mol. The number of hydrogen-bond donors (Lipinski definition) is 1. The number of methoxy groups -OCH3 is 1. The first-order valence-corrected chi connectivity index (χ1v) is 13.0. The summed E-state index contributed by atoms with van der Waals surface area (Å²) in [5, 5.41) is 3.93. The van der Waals surface area contributed by atoms with Gasteiger partial charge in [0.25, 0.3) is 0 Å². The molecule has 0 aliphatic heterocycles. The van der Waals surface area contributed by atoms with Crippen molar-refractivity contribution >= 4 is 40.8 Å². The summed E-state index contributed by atoms with van der Waals surface area (Å²) in [6.45, 7) is -1.37. The molecule has 0 aliphatic carbocycles. The minimum atomic E-state index is -4.02. The fourth-order valence-electron chi connectivity index (χ4n) is 3.24. The molecule has 3 aromatic rings. The van der Waals surface area contributed by atoms with Gasteiger partial charge in [-0.15, -0.1) is 0 Å². The van der Waals surface area contributed by atoms with Crippen LogP contribution in [0.25, 0.3) is 10.8 Å². The molecule has 0 heterocycles. The van der Waals surface area contributed by atoms with Crippen molar-refractivity contribution in [2.75, 3.05) is 7.11 Å². The molecule has 3 aromatic carbocycles. The minimum absolute atomic E-state index is 0.0162. The lowest BCUT2D eigenvalue weighted by atomic mass is 9.98. The van der Waals surface area contributed by atoms with E-state index in [0.717, 1.165) is 28.5 Å². The molecule has 0 aliphatic rings. The second-order valence-electron chi connectivity index (χ2n) is 7.78. The van der Waals surface area contributed by atoms with Crippen molar-refractivity contribution in [1.82, 2.24) is 5.09 Å². The summed E-state index contributed by atoms with van der Waals surface area (Å²) in [6, 6.07) is 12.0. The van der Waals surface area contributed by atoms with Crippen LogP contribution in [0.5, 0.6) is 5.75 Å².